The highest BCUT2D eigenvalue weighted by atomic mass is 35.5. The van der Waals surface area contributed by atoms with Crippen molar-refractivity contribution in [1.82, 2.24) is 4.98 Å². The summed E-state index contributed by atoms with van der Waals surface area (Å²) in [5, 5.41) is 0.0217. The zero-order valence-corrected chi connectivity index (χ0v) is 13.6. The van der Waals surface area contributed by atoms with E-state index < -0.39 is 11.8 Å². The molecule has 0 aromatic carbocycles. The molecule has 1 aliphatic heterocycles. The van der Waals surface area contributed by atoms with Gasteiger partial charge in [-0.25, -0.2) is 9.88 Å². The molecule has 0 N–H and O–H groups in total. The average molecular weight is 356 g/mol. The van der Waals surface area contributed by atoms with E-state index >= 15 is 0 Å². The van der Waals surface area contributed by atoms with Gasteiger partial charge in [0, 0.05) is 6.20 Å². The molecule has 4 nitrogen and oxygen atoms in total. The molecule has 0 bridgehead atoms. The predicted molar refractivity (Wildman–Crippen MR) is 86.2 cm³/mol. The summed E-state index contributed by atoms with van der Waals surface area (Å²) in [6.45, 7) is 1.96. The first kappa shape index (κ1) is 15.3. The maximum atomic E-state index is 12.6. The fourth-order valence-corrected chi connectivity index (χ4v) is 2.94. The minimum absolute atomic E-state index is 0.0246. The van der Waals surface area contributed by atoms with E-state index in [2.05, 4.69) is 4.98 Å². The first-order valence-electron chi connectivity index (χ1n) is 6.40. The van der Waals surface area contributed by atoms with Crippen molar-refractivity contribution in [2.45, 2.75) is 6.92 Å². The number of aromatic nitrogens is 1. The molecule has 0 saturated carbocycles. The standard InChI is InChI=1S/C15H9Cl3N2O2/c1-7-2-4-8-9(5-3-7)15(22)20(14(8)21)12-10(16)6-19-13(18)11(12)17/h2-7H,1H3. The van der Waals surface area contributed by atoms with Crippen LogP contribution in [0.5, 0.6) is 0 Å². The molecule has 0 spiro atoms. The fraction of sp³-hybridized carbons (Fsp3) is 0.133. The van der Waals surface area contributed by atoms with Gasteiger partial charge in [-0.05, 0) is 5.92 Å². The lowest BCUT2D eigenvalue weighted by Gasteiger charge is -2.18. The lowest BCUT2D eigenvalue weighted by atomic mass is 10.1. The minimum Gasteiger partial charge on any atom is -0.268 e. The number of amides is 2. The third-order valence-electron chi connectivity index (χ3n) is 3.42. The van der Waals surface area contributed by atoms with Crippen LogP contribution in [0.1, 0.15) is 6.92 Å². The van der Waals surface area contributed by atoms with Gasteiger partial charge in [0.25, 0.3) is 11.8 Å². The molecule has 112 valence electrons. The summed E-state index contributed by atoms with van der Waals surface area (Å²) in [6, 6.07) is 0. The largest absolute Gasteiger partial charge is 0.268 e. The van der Waals surface area contributed by atoms with Crippen molar-refractivity contribution < 1.29 is 9.59 Å². The summed E-state index contributed by atoms with van der Waals surface area (Å²) in [5.74, 6) is -0.829. The van der Waals surface area contributed by atoms with Gasteiger partial charge in [-0.2, -0.15) is 0 Å². The number of imide groups is 1. The van der Waals surface area contributed by atoms with E-state index in [9.17, 15) is 9.59 Å². The second-order valence-electron chi connectivity index (χ2n) is 4.91. The second kappa shape index (κ2) is 5.54. The van der Waals surface area contributed by atoms with E-state index in [0.717, 1.165) is 4.90 Å². The summed E-state index contributed by atoms with van der Waals surface area (Å²) >= 11 is 18.0. The monoisotopic (exact) mass is 354 g/mol. The van der Waals surface area contributed by atoms with Crippen LogP contribution >= 0.6 is 34.8 Å². The van der Waals surface area contributed by atoms with Gasteiger partial charge in [-0.1, -0.05) is 66.0 Å². The molecule has 1 aromatic rings. The highest BCUT2D eigenvalue weighted by Gasteiger charge is 2.39. The van der Waals surface area contributed by atoms with Crippen LogP contribution in [0, 0.1) is 5.92 Å². The van der Waals surface area contributed by atoms with Crippen LogP contribution in [0.3, 0.4) is 0 Å². The van der Waals surface area contributed by atoms with Gasteiger partial charge in [0.2, 0.25) is 0 Å². The van der Waals surface area contributed by atoms with E-state index in [4.69, 9.17) is 34.8 Å². The van der Waals surface area contributed by atoms with E-state index in [1.54, 1.807) is 12.2 Å². The van der Waals surface area contributed by atoms with Crippen molar-refractivity contribution in [2.75, 3.05) is 4.90 Å². The first-order valence-corrected chi connectivity index (χ1v) is 7.54. The molecule has 2 aliphatic rings. The normalized spacial score (nSPS) is 18.3. The van der Waals surface area contributed by atoms with Crippen molar-refractivity contribution >= 4 is 52.3 Å². The van der Waals surface area contributed by atoms with Crippen LogP contribution in [-0.2, 0) is 9.59 Å². The van der Waals surface area contributed by atoms with Gasteiger partial charge >= 0.3 is 0 Å². The number of pyridine rings is 1. The van der Waals surface area contributed by atoms with Crippen LogP contribution in [0.25, 0.3) is 0 Å². The number of rotatable bonds is 1. The number of allylic oxidation sites excluding steroid dienone is 2. The van der Waals surface area contributed by atoms with Crippen molar-refractivity contribution in [1.29, 1.82) is 0 Å². The van der Waals surface area contributed by atoms with E-state index in [1.165, 1.54) is 6.20 Å². The summed E-state index contributed by atoms with van der Waals surface area (Å²) in [4.78, 5) is 29.9. The predicted octanol–water partition coefficient (Wildman–Crippen LogP) is 3.97. The number of carbonyl (C=O) groups is 2. The highest BCUT2D eigenvalue weighted by molar-refractivity contribution is 6.48. The summed E-state index contributed by atoms with van der Waals surface area (Å²) < 4.78 is 0. The zero-order valence-electron chi connectivity index (χ0n) is 11.3. The number of hydrogen-bond acceptors (Lipinski definition) is 3. The zero-order chi connectivity index (χ0) is 16.0. The highest BCUT2D eigenvalue weighted by Crippen LogP contribution is 2.41. The van der Waals surface area contributed by atoms with Gasteiger partial charge in [-0.15, -0.1) is 0 Å². The molecule has 0 atom stereocenters. The lowest BCUT2D eigenvalue weighted by Crippen LogP contribution is -2.32. The minimum atomic E-state index is -0.485. The van der Waals surface area contributed by atoms with Crippen molar-refractivity contribution in [3.8, 4) is 0 Å². The Balaban J connectivity index is 2.13. The van der Waals surface area contributed by atoms with Gasteiger partial charge in [0.1, 0.15) is 10.2 Å². The Hall–Kier alpha value is -1.62. The lowest BCUT2D eigenvalue weighted by molar-refractivity contribution is -0.120. The summed E-state index contributed by atoms with van der Waals surface area (Å²) in [7, 11) is 0. The molecule has 0 saturated heterocycles. The van der Waals surface area contributed by atoms with E-state index in [-0.39, 0.29) is 26.8 Å². The Morgan fingerprint density at radius 2 is 1.59 bits per heavy atom. The quantitative estimate of drug-likeness (QED) is 0.565. The first-order chi connectivity index (χ1) is 10.4. The molecular formula is C15H9Cl3N2O2. The van der Waals surface area contributed by atoms with Crippen LogP contribution in [0.2, 0.25) is 15.2 Å². The van der Waals surface area contributed by atoms with Crippen LogP contribution in [0.15, 0.2) is 41.6 Å². The Morgan fingerprint density at radius 1 is 1.05 bits per heavy atom. The Morgan fingerprint density at radius 3 is 2.14 bits per heavy atom. The SMILES string of the molecule is CC1C=CC2=C(C=C1)C(=O)N(c1c(Cl)cnc(Cl)c1Cl)C2=O. The number of halogens is 3. The maximum Gasteiger partial charge on any atom is 0.266 e. The topological polar surface area (TPSA) is 50.3 Å². The van der Waals surface area contributed by atoms with E-state index in [1.807, 2.05) is 19.1 Å². The van der Waals surface area contributed by atoms with Crippen LogP contribution < -0.4 is 4.90 Å². The second-order valence-corrected chi connectivity index (χ2v) is 6.05. The third kappa shape index (κ3) is 2.28. The number of hydrogen-bond donors (Lipinski definition) is 0. The number of anilines is 1. The number of nitrogens with zero attached hydrogens (tertiary/aromatic N) is 2. The van der Waals surface area contributed by atoms with Crippen molar-refractivity contribution in [3.63, 3.8) is 0 Å². The third-order valence-corrected chi connectivity index (χ3v) is 4.44. The van der Waals surface area contributed by atoms with Gasteiger partial charge in [-0.3, -0.25) is 9.59 Å². The van der Waals surface area contributed by atoms with Gasteiger partial charge < -0.3 is 0 Å². The summed E-state index contributed by atoms with van der Waals surface area (Å²) in [6.07, 6.45) is 8.23. The Kier molecular flexibility index (Phi) is 3.85. The van der Waals surface area contributed by atoms with Crippen molar-refractivity contribution in [2.24, 2.45) is 5.92 Å². The van der Waals surface area contributed by atoms with E-state index in [0.29, 0.717) is 11.1 Å². The Bertz CT molecular complexity index is 760. The molecule has 7 heteroatoms. The molecule has 22 heavy (non-hydrogen) atoms. The molecule has 2 heterocycles. The molecular weight excluding hydrogens is 347 g/mol. The molecule has 3 rings (SSSR count). The molecule has 0 unspecified atom stereocenters. The molecule has 0 radical (unpaired) electrons. The van der Waals surface area contributed by atoms with Crippen LogP contribution in [0.4, 0.5) is 5.69 Å². The fourth-order valence-electron chi connectivity index (χ4n) is 2.29. The average Bonchev–Trinajstić information content (AvgIpc) is 2.63. The van der Waals surface area contributed by atoms with Crippen molar-refractivity contribution in [3.05, 3.63) is 56.8 Å². The number of carbonyl (C=O) groups excluding carboxylic acids is 2. The molecule has 2 amide bonds. The Labute approximate surface area is 141 Å². The smallest absolute Gasteiger partial charge is 0.266 e. The van der Waals surface area contributed by atoms with Gasteiger partial charge in [0.15, 0.2) is 0 Å². The molecule has 1 aliphatic carbocycles. The summed E-state index contributed by atoms with van der Waals surface area (Å²) in [5.41, 5.74) is 0.678. The molecule has 1 aromatic heterocycles. The van der Waals surface area contributed by atoms with Crippen LogP contribution in [-0.4, -0.2) is 16.8 Å². The molecule has 0 fully saturated rings. The van der Waals surface area contributed by atoms with Gasteiger partial charge in [0.05, 0.1) is 21.9 Å². The maximum absolute atomic E-state index is 12.6.